The van der Waals surface area contributed by atoms with Crippen LogP contribution in [0.3, 0.4) is 0 Å². The minimum Gasteiger partial charge on any atom is -0.352 e. The monoisotopic (exact) mass is 259 g/mol. The first-order chi connectivity index (χ1) is 9.04. The highest BCUT2D eigenvalue weighted by Gasteiger charge is 2.09. The summed E-state index contributed by atoms with van der Waals surface area (Å²) in [6.07, 6.45) is -0.188. The van der Waals surface area contributed by atoms with Gasteiger partial charge in [-0.25, -0.2) is 0 Å². The van der Waals surface area contributed by atoms with Gasteiger partial charge in [-0.2, -0.15) is 5.26 Å². The maximum atomic E-state index is 11.5. The Balaban J connectivity index is 2.71. The Hall–Kier alpha value is -2.35. The fraction of sp³-hybridized carbons (Fsp3) is 0.357. The topological polar surface area (TPSA) is 82.0 Å². The van der Waals surface area contributed by atoms with Gasteiger partial charge in [0.15, 0.2) is 0 Å². The lowest BCUT2D eigenvalue weighted by Crippen LogP contribution is -2.27. The number of amides is 2. The summed E-state index contributed by atoms with van der Waals surface area (Å²) in [4.78, 5) is 22.9. The van der Waals surface area contributed by atoms with E-state index < -0.39 is 0 Å². The highest BCUT2D eigenvalue weighted by atomic mass is 16.2. The maximum absolute atomic E-state index is 11.5. The van der Waals surface area contributed by atoms with Gasteiger partial charge in [-0.1, -0.05) is 32.0 Å². The minimum absolute atomic E-state index is 0.0434. The third-order valence-corrected chi connectivity index (χ3v) is 2.51. The molecule has 0 heterocycles. The van der Waals surface area contributed by atoms with Crippen LogP contribution in [-0.4, -0.2) is 11.8 Å². The maximum Gasteiger partial charge on any atom is 0.238 e. The highest BCUT2D eigenvalue weighted by molar-refractivity contribution is 5.92. The number of carbonyl (C=O) groups is 2. The van der Waals surface area contributed by atoms with Crippen LogP contribution < -0.4 is 10.6 Å². The Bertz CT molecular complexity index is 504. The first-order valence-electron chi connectivity index (χ1n) is 6.07. The quantitative estimate of drug-likeness (QED) is 0.846. The third kappa shape index (κ3) is 4.80. The van der Waals surface area contributed by atoms with E-state index in [1.54, 1.807) is 18.2 Å². The molecule has 1 aromatic rings. The van der Waals surface area contributed by atoms with Gasteiger partial charge in [0, 0.05) is 18.2 Å². The van der Waals surface area contributed by atoms with E-state index in [1.165, 1.54) is 0 Å². The number of carbonyl (C=O) groups excluding carboxylic acids is 2. The van der Waals surface area contributed by atoms with Gasteiger partial charge >= 0.3 is 0 Å². The molecule has 0 aliphatic heterocycles. The predicted molar refractivity (Wildman–Crippen MR) is 72.0 cm³/mol. The molecule has 100 valence electrons. The second-order valence-electron chi connectivity index (χ2n) is 4.41. The Morgan fingerprint density at radius 1 is 1.32 bits per heavy atom. The van der Waals surface area contributed by atoms with Crippen molar-refractivity contribution in [3.63, 3.8) is 0 Å². The molecule has 0 bridgehead atoms. The van der Waals surface area contributed by atoms with E-state index in [-0.39, 0.29) is 24.2 Å². The second-order valence-corrected chi connectivity index (χ2v) is 4.41. The smallest absolute Gasteiger partial charge is 0.238 e. The first-order valence-corrected chi connectivity index (χ1v) is 6.07. The second kappa shape index (κ2) is 7.17. The van der Waals surface area contributed by atoms with E-state index in [2.05, 4.69) is 10.6 Å². The van der Waals surface area contributed by atoms with Crippen LogP contribution >= 0.6 is 0 Å². The number of hydrogen-bond acceptors (Lipinski definition) is 3. The van der Waals surface area contributed by atoms with Crippen LogP contribution in [0.2, 0.25) is 0 Å². The van der Waals surface area contributed by atoms with E-state index in [9.17, 15) is 9.59 Å². The molecule has 0 radical (unpaired) electrons. The summed E-state index contributed by atoms with van der Waals surface area (Å²) >= 11 is 0. The van der Waals surface area contributed by atoms with Gasteiger partial charge in [0.1, 0.15) is 6.42 Å². The molecule has 0 saturated carbocycles. The van der Waals surface area contributed by atoms with Crippen LogP contribution in [0.25, 0.3) is 0 Å². The normalized spacial score (nSPS) is 9.79. The SMILES string of the molecule is CC(C)C(=O)NCc1ccccc1NC(=O)CC#N. The molecule has 0 fully saturated rings. The van der Waals surface area contributed by atoms with Crippen molar-refractivity contribution in [3.8, 4) is 6.07 Å². The zero-order valence-electron chi connectivity index (χ0n) is 11.1. The fourth-order valence-electron chi connectivity index (χ4n) is 1.45. The number of benzene rings is 1. The fourth-order valence-corrected chi connectivity index (χ4v) is 1.45. The number of para-hydroxylation sites is 1. The molecular weight excluding hydrogens is 242 g/mol. The van der Waals surface area contributed by atoms with Gasteiger partial charge in [-0.05, 0) is 11.6 Å². The third-order valence-electron chi connectivity index (χ3n) is 2.51. The summed E-state index contributed by atoms with van der Waals surface area (Å²) in [6, 6.07) is 8.97. The number of rotatable bonds is 5. The van der Waals surface area contributed by atoms with Crippen LogP contribution in [0.15, 0.2) is 24.3 Å². The molecule has 0 aromatic heterocycles. The van der Waals surface area contributed by atoms with Crippen LogP contribution in [0.1, 0.15) is 25.8 Å². The van der Waals surface area contributed by atoms with Gasteiger partial charge < -0.3 is 10.6 Å². The van der Waals surface area contributed by atoms with Crippen molar-refractivity contribution in [2.24, 2.45) is 5.92 Å². The molecule has 0 aliphatic carbocycles. The molecule has 0 unspecified atom stereocenters. The van der Waals surface area contributed by atoms with Crippen LogP contribution in [0, 0.1) is 17.2 Å². The van der Waals surface area contributed by atoms with E-state index in [4.69, 9.17) is 5.26 Å². The molecule has 1 aromatic carbocycles. The Labute approximate surface area is 112 Å². The number of anilines is 1. The lowest BCUT2D eigenvalue weighted by Gasteiger charge is -2.12. The van der Waals surface area contributed by atoms with Crippen molar-refractivity contribution >= 4 is 17.5 Å². The Kier molecular flexibility index (Phi) is 5.55. The molecule has 0 atom stereocenters. The predicted octanol–water partition coefficient (Wildman–Crippen LogP) is 1.81. The number of hydrogen-bond donors (Lipinski definition) is 2. The summed E-state index contributed by atoms with van der Waals surface area (Å²) in [5, 5.41) is 13.9. The summed E-state index contributed by atoms with van der Waals surface area (Å²) < 4.78 is 0. The van der Waals surface area contributed by atoms with Crippen LogP contribution in [0.4, 0.5) is 5.69 Å². The lowest BCUT2D eigenvalue weighted by atomic mass is 10.1. The van der Waals surface area contributed by atoms with E-state index in [0.717, 1.165) is 5.56 Å². The van der Waals surface area contributed by atoms with Crippen LogP contribution in [0.5, 0.6) is 0 Å². The molecule has 5 heteroatoms. The molecule has 19 heavy (non-hydrogen) atoms. The largest absolute Gasteiger partial charge is 0.352 e. The van der Waals surface area contributed by atoms with Crippen LogP contribution in [-0.2, 0) is 16.1 Å². The molecule has 5 nitrogen and oxygen atoms in total. The number of nitrogens with one attached hydrogen (secondary N) is 2. The van der Waals surface area contributed by atoms with E-state index >= 15 is 0 Å². The van der Waals surface area contributed by atoms with Gasteiger partial charge in [-0.3, -0.25) is 9.59 Å². The number of nitriles is 1. The first kappa shape index (κ1) is 14.7. The zero-order chi connectivity index (χ0) is 14.3. The molecular formula is C14H17N3O2. The van der Waals surface area contributed by atoms with E-state index in [0.29, 0.717) is 12.2 Å². The van der Waals surface area contributed by atoms with Crippen molar-refractivity contribution in [2.45, 2.75) is 26.8 Å². The van der Waals surface area contributed by atoms with Crippen molar-refractivity contribution in [3.05, 3.63) is 29.8 Å². The van der Waals surface area contributed by atoms with Crippen molar-refractivity contribution in [1.29, 1.82) is 5.26 Å². The molecule has 1 rings (SSSR count). The van der Waals surface area contributed by atoms with Crippen molar-refractivity contribution in [1.82, 2.24) is 5.32 Å². The molecule has 2 N–H and O–H groups in total. The minimum atomic E-state index is -0.356. The van der Waals surface area contributed by atoms with E-state index in [1.807, 2.05) is 26.0 Å². The van der Waals surface area contributed by atoms with Crippen molar-refractivity contribution < 1.29 is 9.59 Å². The average molecular weight is 259 g/mol. The zero-order valence-corrected chi connectivity index (χ0v) is 11.1. The Morgan fingerprint density at radius 3 is 2.63 bits per heavy atom. The van der Waals surface area contributed by atoms with Gasteiger partial charge in [0.05, 0.1) is 6.07 Å². The average Bonchev–Trinajstić information content (AvgIpc) is 2.37. The lowest BCUT2D eigenvalue weighted by molar-refractivity contribution is -0.124. The summed E-state index contributed by atoms with van der Waals surface area (Å²) in [6.45, 7) is 3.98. The van der Waals surface area contributed by atoms with Gasteiger partial charge in [0.25, 0.3) is 0 Å². The highest BCUT2D eigenvalue weighted by Crippen LogP contribution is 2.15. The number of nitrogens with zero attached hydrogens (tertiary/aromatic N) is 1. The molecule has 0 saturated heterocycles. The molecule has 0 aliphatic rings. The van der Waals surface area contributed by atoms with Crippen molar-refractivity contribution in [2.75, 3.05) is 5.32 Å². The summed E-state index contributed by atoms with van der Waals surface area (Å²) in [5.41, 5.74) is 1.43. The van der Waals surface area contributed by atoms with Gasteiger partial charge in [0.2, 0.25) is 11.8 Å². The molecule has 0 spiro atoms. The van der Waals surface area contributed by atoms with Gasteiger partial charge in [-0.15, -0.1) is 0 Å². The standard InChI is InChI=1S/C14H17N3O2/c1-10(2)14(19)16-9-11-5-3-4-6-12(11)17-13(18)7-8-15/h3-6,10H,7,9H2,1-2H3,(H,16,19)(H,17,18). The Morgan fingerprint density at radius 2 is 2.00 bits per heavy atom. The summed E-state index contributed by atoms with van der Waals surface area (Å²) in [5.74, 6) is -0.483. The molecule has 2 amide bonds. The summed E-state index contributed by atoms with van der Waals surface area (Å²) in [7, 11) is 0.